The van der Waals surface area contributed by atoms with E-state index in [9.17, 15) is 50.4 Å². The van der Waals surface area contributed by atoms with Crippen molar-refractivity contribution in [3.8, 4) is 57.3 Å². The van der Waals surface area contributed by atoms with Gasteiger partial charge in [0, 0.05) is 41.5 Å². The Morgan fingerprint density at radius 1 is 0.739 bits per heavy atom. The summed E-state index contributed by atoms with van der Waals surface area (Å²) < 4.78 is 5.76. The Kier molecular flexibility index (Phi) is 7.24. The van der Waals surface area contributed by atoms with Gasteiger partial charge in [-0.15, -0.1) is 0 Å². The molecular formula is C35H28O11. The molecule has 0 radical (unpaired) electrons. The van der Waals surface area contributed by atoms with Crippen molar-refractivity contribution in [2.24, 2.45) is 5.92 Å². The molecule has 1 aromatic heterocycles. The van der Waals surface area contributed by atoms with E-state index in [4.69, 9.17) is 4.42 Å². The summed E-state index contributed by atoms with van der Waals surface area (Å²) in [4.78, 5) is 27.3. The molecule has 3 atom stereocenters. The summed E-state index contributed by atoms with van der Waals surface area (Å²) in [7, 11) is 0. The van der Waals surface area contributed by atoms with Crippen LogP contribution in [0.2, 0.25) is 0 Å². The predicted octanol–water partition coefficient (Wildman–Crippen LogP) is 5.82. The number of fused-ring (bicyclic) bond motifs is 1. The second-order valence-electron chi connectivity index (χ2n) is 11.4. The fourth-order valence-corrected chi connectivity index (χ4v) is 6.33. The van der Waals surface area contributed by atoms with Gasteiger partial charge in [0.2, 0.25) is 11.2 Å². The molecule has 0 aliphatic heterocycles. The molecule has 0 amide bonds. The van der Waals surface area contributed by atoms with Gasteiger partial charge in [0.05, 0.1) is 16.5 Å². The van der Waals surface area contributed by atoms with Crippen molar-refractivity contribution < 1.29 is 50.1 Å². The number of hydrogen-bond acceptors (Lipinski definition) is 11. The molecule has 0 bridgehead atoms. The van der Waals surface area contributed by atoms with E-state index in [1.54, 1.807) is 13.0 Å². The summed E-state index contributed by atoms with van der Waals surface area (Å²) in [5.74, 6) is -7.68. The largest absolute Gasteiger partial charge is 0.508 e. The molecule has 46 heavy (non-hydrogen) atoms. The fourth-order valence-electron chi connectivity index (χ4n) is 6.33. The number of ketones is 1. The van der Waals surface area contributed by atoms with E-state index in [1.807, 2.05) is 0 Å². The van der Waals surface area contributed by atoms with Gasteiger partial charge in [0.15, 0.2) is 11.5 Å². The molecule has 11 nitrogen and oxygen atoms in total. The number of Topliss-reactive ketones (excluding diaryl/α,β-unsaturated/α-hetero) is 1. The van der Waals surface area contributed by atoms with Crippen LogP contribution < -0.4 is 5.43 Å². The summed E-state index contributed by atoms with van der Waals surface area (Å²) in [6.45, 7) is 1.76. The van der Waals surface area contributed by atoms with Gasteiger partial charge in [-0.25, -0.2) is 0 Å². The second-order valence-corrected chi connectivity index (χ2v) is 11.4. The first-order chi connectivity index (χ1) is 21.8. The molecule has 6 rings (SSSR count). The molecule has 0 saturated carbocycles. The van der Waals surface area contributed by atoms with Gasteiger partial charge in [0.1, 0.15) is 45.8 Å². The lowest BCUT2D eigenvalue weighted by atomic mass is 9.65. The minimum atomic E-state index is -1.20. The molecule has 0 fully saturated rings. The number of carbonyl (C=O) groups excluding carboxylic acids is 1. The van der Waals surface area contributed by atoms with E-state index < -0.39 is 57.7 Å². The zero-order valence-corrected chi connectivity index (χ0v) is 24.2. The average Bonchev–Trinajstić information content (AvgIpc) is 2.99. The molecule has 0 unspecified atom stereocenters. The van der Waals surface area contributed by atoms with E-state index in [2.05, 4.69) is 0 Å². The first kappa shape index (κ1) is 29.9. The fraction of sp³-hybridized carbons (Fsp3) is 0.143. The van der Waals surface area contributed by atoms with Crippen LogP contribution in [0.15, 0.2) is 87.6 Å². The molecular weight excluding hydrogens is 596 g/mol. The number of hydrogen-bond donors (Lipinski definition) is 8. The quantitative estimate of drug-likeness (QED) is 0.0862. The van der Waals surface area contributed by atoms with E-state index in [-0.39, 0.29) is 62.6 Å². The lowest BCUT2D eigenvalue weighted by molar-refractivity contribution is 0.0876. The Morgan fingerprint density at radius 2 is 1.39 bits per heavy atom. The molecule has 4 aromatic carbocycles. The Morgan fingerprint density at radius 3 is 2.09 bits per heavy atom. The van der Waals surface area contributed by atoms with Gasteiger partial charge >= 0.3 is 0 Å². The van der Waals surface area contributed by atoms with Gasteiger partial charge in [-0.2, -0.15) is 0 Å². The van der Waals surface area contributed by atoms with Gasteiger partial charge in [-0.1, -0.05) is 17.7 Å². The summed E-state index contributed by atoms with van der Waals surface area (Å²) in [5, 5.41) is 85.0. The lowest BCUT2D eigenvalue weighted by Gasteiger charge is -2.37. The number of allylic oxidation sites excluding steroid dienone is 2. The Bertz CT molecular complexity index is 2140. The Labute approximate surface area is 260 Å². The van der Waals surface area contributed by atoms with Crippen molar-refractivity contribution in [3.05, 3.63) is 105 Å². The molecule has 1 heterocycles. The normalized spacial score (nSPS) is 17.9. The molecule has 1 aliphatic carbocycles. The second kappa shape index (κ2) is 11.1. The van der Waals surface area contributed by atoms with Crippen LogP contribution in [-0.2, 0) is 0 Å². The summed E-state index contributed by atoms with van der Waals surface area (Å²) in [5.41, 5.74) is -0.476. The van der Waals surface area contributed by atoms with Gasteiger partial charge < -0.3 is 45.3 Å². The van der Waals surface area contributed by atoms with E-state index in [0.717, 1.165) is 12.1 Å². The maximum atomic E-state index is 14.4. The highest BCUT2D eigenvalue weighted by molar-refractivity contribution is 6.02. The maximum Gasteiger partial charge on any atom is 0.235 e. The van der Waals surface area contributed by atoms with Gasteiger partial charge in [-0.05, 0) is 61.4 Å². The van der Waals surface area contributed by atoms with Crippen molar-refractivity contribution in [1.29, 1.82) is 0 Å². The third-order valence-electron chi connectivity index (χ3n) is 8.41. The molecule has 5 aromatic rings. The number of phenolic OH excluding ortho intramolecular Hbond substituents is 7. The number of aromatic hydroxyl groups is 8. The summed E-state index contributed by atoms with van der Waals surface area (Å²) >= 11 is 0. The van der Waals surface area contributed by atoms with Crippen molar-refractivity contribution >= 4 is 16.8 Å². The molecule has 8 N–H and O–H groups in total. The third kappa shape index (κ3) is 4.97. The SMILES string of the molecule is CC1=C[C@H](c2c(O)ccc(-c3oc4cc(O)ccc4c(=O)c3O)c2O)[C@H](C(=O)c2ccc(O)cc2O)[C@H](c2ccc(O)cc2O)C1. The monoisotopic (exact) mass is 624 g/mol. The van der Waals surface area contributed by atoms with Crippen molar-refractivity contribution in [2.75, 3.05) is 0 Å². The highest BCUT2D eigenvalue weighted by atomic mass is 16.4. The number of rotatable bonds is 5. The van der Waals surface area contributed by atoms with Crippen molar-refractivity contribution in [3.63, 3.8) is 0 Å². The van der Waals surface area contributed by atoms with Crippen LogP contribution in [0.3, 0.4) is 0 Å². The van der Waals surface area contributed by atoms with Crippen LogP contribution in [0.1, 0.15) is 46.7 Å². The summed E-state index contributed by atoms with van der Waals surface area (Å²) in [6, 6.07) is 13.5. The molecule has 1 aliphatic rings. The molecule has 11 heteroatoms. The third-order valence-corrected chi connectivity index (χ3v) is 8.41. The molecule has 234 valence electrons. The highest BCUT2D eigenvalue weighted by Gasteiger charge is 2.43. The first-order valence-electron chi connectivity index (χ1n) is 14.1. The average molecular weight is 625 g/mol. The maximum absolute atomic E-state index is 14.4. The van der Waals surface area contributed by atoms with Gasteiger partial charge in [-0.3, -0.25) is 9.59 Å². The van der Waals surface area contributed by atoms with Crippen LogP contribution in [0.4, 0.5) is 0 Å². The standard InChI is InChI=1S/C35H28O11/c1-15-10-23(19-5-2-16(36)12-26(19)40)29(31(42)20-6-3-17(37)13-27(20)41)24(11-15)30-25(39)9-8-22(32(30)43)35-34(45)33(44)21-7-4-18(38)14-28(21)46-35/h2-9,11-14,23-24,29,36-41,43,45H,10H2,1H3/t23-,24-,29+/m0/s1. The van der Waals surface area contributed by atoms with E-state index >= 15 is 0 Å². The molecule has 0 spiro atoms. The zero-order chi connectivity index (χ0) is 33.0. The number of benzene rings is 4. The van der Waals surface area contributed by atoms with Gasteiger partial charge in [0.25, 0.3) is 0 Å². The number of phenols is 7. The highest BCUT2D eigenvalue weighted by Crippen LogP contribution is 2.54. The summed E-state index contributed by atoms with van der Waals surface area (Å²) in [6.07, 6.45) is 1.89. The van der Waals surface area contributed by atoms with Crippen LogP contribution in [-0.4, -0.2) is 46.6 Å². The first-order valence-corrected chi connectivity index (χ1v) is 14.1. The minimum Gasteiger partial charge on any atom is -0.508 e. The van der Waals surface area contributed by atoms with Crippen LogP contribution in [0, 0.1) is 5.92 Å². The minimum absolute atomic E-state index is 0.0284. The Balaban J connectivity index is 1.59. The van der Waals surface area contributed by atoms with Crippen molar-refractivity contribution in [2.45, 2.75) is 25.2 Å². The predicted molar refractivity (Wildman–Crippen MR) is 166 cm³/mol. The lowest BCUT2D eigenvalue weighted by Crippen LogP contribution is -2.31. The smallest absolute Gasteiger partial charge is 0.235 e. The Hall–Kier alpha value is -6.10. The van der Waals surface area contributed by atoms with Crippen LogP contribution >= 0.6 is 0 Å². The number of carbonyl (C=O) groups is 1. The topological polar surface area (TPSA) is 209 Å². The van der Waals surface area contributed by atoms with Crippen molar-refractivity contribution in [1.82, 2.24) is 0 Å². The van der Waals surface area contributed by atoms with Crippen LogP contribution in [0.25, 0.3) is 22.3 Å². The van der Waals surface area contributed by atoms with Crippen LogP contribution in [0.5, 0.6) is 46.0 Å². The van der Waals surface area contributed by atoms with E-state index in [0.29, 0.717) is 5.57 Å². The zero-order valence-electron chi connectivity index (χ0n) is 24.2. The molecule has 0 saturated heterocycles. The van der Waals surface area contributed by atoms with E-state index in [1.165, 1.54) is 54.6 Å².